The summed E-state index contributed by atoms with van der Waals surface area (Å²) in [6.07, 6.45) is 3.78. The summed E-state index contributed by atoms with van der Waals surface area (Å²) in [5.41, 5.74) is 7.62. The van der Waals surface area contributed by atoms with Gasteiger partial charge in [0.2, 0.25) is 5.91 Å². The fourth-order valence-corrected chi connectivity index (χ4v) is 4.45. The standard InChI is InChI=1S/C22H21N3O4S2/c23-20(28)16-9-4-3-8-15(16)17-10-6-7-14(24-17)13-18-21(29)25(22(30)31-18)12-5-1-2-11-19(26)27/h3-4,6-10,13H,1-2,5,11-12H2,(H2,23,28)(H,26,27)/b18-13-. The lowest BCUT2D eigenvalue weighted by Gasteiger charge is -2.13. The summed E-state index contributed by atoms with van der Waals surface area (Å²) >= 11 is 6.56. The topological polar surface area (TPSA) is 114 Å². The molecule has 1 fully saturated rings. The van der Waals surface area contributed by atoms with E-state index in [0.717, 1.165) is 0 Å². The highest BCUT2D eigenvalue weighted by Crippen LogP contribution is 2.33. The van der Waals surface area contributed by atoms with Gasteiger partial charge in [-0.15, -0.1) is 0 Å². The zero-order chi connectivity index (χ0) is 22.4. The largest absolute Gasteiger partial charge is 0.481 e. The second kappa shape index (κ2) is 10.3. The van der Waals surface area contributed by atoms with E-state index in [2.05, 4.69) is 4.98 Å². The second-order valence-corrected chi connectivity index (χ2v) is 8.57. The molecule has 0 spiro atoms. The Balaban J connectivity index is 1.73. The number of nitrogens with zero attached hydrogens (tertiary/aromatic N) is 2. The van der Waals surface area contributed by atoms with Gasteiger partial charge in [-0.2, -0.15) is 0 Å². The number of carboxylic acid groups (broad SMARTS) is 1. The zero-order valence-corrected chi connectivity index (χ0v) is 18.2. The molecule has 0 radical (unpaired) electrons. The van der Waals surface area contributed by atoms with E-state index in [1.807, 2.05) is 0 Å². The first-order valence-electron chi connectivity index (χ1n) is 9.70. The highest BCUT2D eigenvalue weighted by atomic mass is 32.2. The number of primary amides is 1. The Hall–Kier alpha value is -3.04. The summed E-state index contributed by atoms with van der Waals surface area (Å²) in [6, 6.07) is 12.3. The molecule has 0 unspecified atom stereocenters. The van der Waals surface area contributed by atoms with E-state index in [0.29, 0.717) is 57.5 Å². The maximum Gasteiger partial charge on any atom is 0.303 e. The Morgan fingerprint density at radius 3 is 2.65 bits per heavy atom. The van der Waals surface area contributed by atoms with Crippen molar-refractivity contribution in [2.24, 2.45) is 5.73 Å². The van der Waals surface area contributed by atoms with Crippen molar-refractivity contribution >= 4 is 52.2 Å². The monoisotopic (exact) mass is 455 g/mol. The number of nitrogens with two attached hydrogens (primary N) is 1. The number of carboxylic acids is 1. The number of benzene rings is 1. The van der Waals surface area contributed by atoms with Crippen molar-refractivity contribution in [2.45, 2.75) is 25.7 Å². The van der Waals surface area contributed by atoms with Crippen LogP contribution < -0.4 is 5.73 Å². The Morgan fingerprint density at radius 1 is 1.13 bits per heavy atom. The van der Waals surface area contributed by atoms with Gasteiger partial charge in [0.1, 0.15) is 4.32 Å². The molecule has 9 heteroatoms. The summed E-state index contributed by atoms with van der Waals surface area (Å²) in [5, 5.41) is 8.69. The molecule has 160 valence electrons. The first-order chi connectivity index (χ1) is 14.9. The number of carbonyl (C=O) groups excluding carboxylic acids is 2. The molecule has 2 amide bonds. The number of pyridine rings is 1. The van der Waals surface area contributed by atoms with Gasteiger partial charge < -0.3 is 10.8 Å². The molecule has 1 aromatic carbocycles. The average Bonchev–Trinajstić information content (AvgIpc) is 3.00. The van der Waals surface area contributed by atoms with Crippen LogP contribution in [0.2, 0.25) is 0 Å². The number of rotatable bonds is 9. The molecular weight excluding hydrogens is 434 g/mol. The van der Waals surface area contributed by atoms with Crippen LogP contribution in [0.3, 0.4) is 0 Å². The predicted molar refractivity (Wildman–Crippen MR) is 124 cm³/mol. The fourth-order valence-electron chi connectivity index (χ4n) is 3.15. The molecule has 1 aliphatic heterocycles. The number of carbonyl (C=O) groups is 3. The lowest BCUT2D eigenvalue weighted by atomic mass is 10.0. The van der Waals surface area contributed by atoms with E-state index in [1.165, 1.54) is 11.8 Å². The van der Waals surface area contributed by atoms with Gasteiger partial charge in [0.15, 0.2) is 0 Å². The third-order valence-electron chi connectivity index (χ3n) is 4.66. The third kappa shape index (κ3) is 5.77. The van der Waals surface area contributed by atoms with Crippen LogP contribution >= 0.6 is 24.0 Å². The molecular formula is C22H21N3O4S2. The zero-order valence-electron chi connectivity index (χ0n) is 16.6. The van der Waals surface area contributed by atoms with Crippen molar-refractivity contribution in [3.63, 3.8) is 0 Å². The molecule has 1 aromatic heterocycles. The fraction of sp³-hybridized carbons (Fsp3) is 0.227. The van der Waals surface area contributed by atoms with Crippen LogP contribution in [0, 0.1) is 0 Å². The Morgan fingerprint density at radius 2 is 1.90 bits per heavy atom. The van der Waals surface area contributed by atoms with Crippen LogP contribution in [0.1, 0.15) is 41.7 Å². The van der Waals surface area contributed by atoms with Crippen molar-refractivity contribution in [3.8, 4) is 11.3 Å². The van der Waals surface area contributed by atoms with Crippen LogP contribution in [0.4, 0.5) is 0 Å². The smallest absolute Gasteiger partial charge is 0.303 e. The van der Waals surface area contributed by atoms with Crippen LogP contribution in [0.5, 0.6) is 0 Å². The average molecular weight is 456 g/mol. The van der Waals surface area contributed by atoms with Gasteiger partial charge in [-0.05, 0) is 37.1 Å². The van der Waals surface area contributed by atoms with Crippen molar-refractivity contribution in [2.75, 3.05) is 6.54 Å². The molecule has 7 nitrogen and oxygen atoms in total. The van der Waals surface area contributed by atoms with Gasteiger partial charge in [0, 0.05) is 24.1 Å². The van der Waals surface area contributed by atoms with Crippen LogP contribution in [0.25, 0.3) is 17.3 Å². The number of aliphatic carboxylic acids is 1. The Labute approximate surface area is 189 Å². The van der Waals surface area contributed by atoms with Crippen LogP contribution in [0.15, 0.2) is 47.4 Å². The van der Waals surface area contributed by atoms with Crippen molar-refractivity contribution < 1.29 is 19.5 Å². The van der Waals surface area contributed by atoms with E-state index in [1.54, 1.807) is 53.4 Å². The van der Waals surface area contributed by atoms with E-state index >= 15 is 0 Å². The molecule has 31 heavy (non-hydrogen) atoms. The quantitative estimate of drug-likeness (QED) is 0.337. The molecule has 2 aromatic rings. The van der Waals surface area contributed by atoms with Gasteiger partial charge >= 0.3 is 5.97 Å². The molecule has 0 aliphatic carbocycles. The maximum absolute atomic E-state index is 12.8. The first kappa shape index (κ1) is 22.6. The van der Waals surface area contributed by atoms with Crippen LogP contribution in [-0.2, 0) is 9.59 Å². The number of thioether (sulfide) groups is 1. The van der Waals surface area contributed by atoms with Crippen molar-refractivity contribution in [3.05, 3.63) is 58.6 Å². The Kier molecular flexibility index (Phi) is 7.54. The molecule has 0 atom stereocenters. The lowest BCUT2D eigenvalue weighted by molar-refractivity contribution is -0.137. The number of thiocarbonyl (C=S) groups is 1. The van der Waals surface area contributed by atoms with Gasteiger partial charge in [-0.25, -0.2) is 4.98 Å². The minimum absolute atomic E-state index is 0.124. The molecule has 1 saturated heterocycles. The summed E-state index contributed by atoms with van der Waals surface area (Å²) in [6.45, 7) is 0.459. The third-order valence-corrected chi connectivity index (χ3v) is 6.04. The van der Waals surface area contributed by atoms with Crippen LogP contribution in [-0.4, -0.2) is 43.6 Å². The molecule has 3 N–H and O–H groups in total. The predicted octanol–water partition coefficient (Wildman–Crippen LogP) is 3.69. The van der Waals surface area contributed by atoms with E-state index in [-0.39, 0.29) is 12.3 Å². The number of aromatic nitrogens is 1. The molecule has 0 bridgehead atoms. The van der Waals surface area contributed by atoms with Gasteiger partial charge in [0.05, 0.1) is 16.3 Å². The van der Waals surface area contributed by atoms with E-state index in [4.69, 9.17) is 23.1 Å². The summed E-state index contributed by atoms with van der Waals surface area (Å²) in [4.78, 5) is 41.6. The number of amides is 2. The lowest BCUT2D eigenvalue weighted by Crippen LogP contribution is -2.29. The van der Waals surface area contributed by atoms with Gasteiger partial charge in [-0.1, -0.05) is 54.7 Å². The van der Waals surface area contributed by atoms with Crippen molar-refractivity contribution in [1.82, 2.24) is 9.88 Å². The molecule has 3 rings (SSSR count). The Bertz CT molecular complexity index is 1070. The second-order valence-electron chi connectivity index (χ2n) is 6.90. The molecule has 2 heterocycles. The first-order valence-corrected chi connectivity index (χ1v) is 10.9. The highest BCUT2D eigenvalue weighted by Gasteiger charge is 2.31. The number of hydrogen-bond acceptors (Lipinski definition) is 6. The minimum Gasteiger partial charge on any atom is -0.481 e. The normalized spacial score (nSPS) is 15.0. The van der Waals surface area contributed by atoms with Gasteiger partial charge in [0.25, 0.3) is 5.91 Å². The minimum atomic E-state index is -0.818. The van der Waals surface area contributed by atoms with E-state index in [9.17, 15) is 14.4 Å². The number of hydrogen-bond donors (Lipinski definition) is 2. The summed E-state index contributed by atoms with van der Waals surface area (Å²) < 4.78 is 0.477. The summed E-state index contributed by atoms with van der Waals surface area (Å²) in [7, 11) is 0. The van der Waals surface area contributed by atoms with Gasteiger partial charge in [-0.3, -0.25) is 19.3 Å². The highest BCUT2D eigenvalue weighted by molar-refractivity contribution is 8.26. The SMILES string of the molecule is NC(=O)c1ccccc1-c1cccc(/C=C2\SC(=S)N(CCCCCC(=O)O)C2=O)n1. The maximum atomic E-state index is 12.8. The molecule has 1 aliphatic rings. The van der Waals surface area contributed by atoms with E-state index < -0.39 is 11.9 Å². The number of unbranched alkanes of at least 4 members (excludes halogenated alkanes) is 2. The molecule has 0 saturated carbocycles. The van der Waals surface area contributed by atoms with Crippen molar-refractivity contribution in [1.29, 1.82) is 0 Å². The summed E-state index contributed by atoms with van der Waals surface area (Å²) in [5.74, 6) is -1.54.